The summed E-state index contributed by atoms with van der Waals surface area (Å²) in [6.45, 7) is 1.80. The van der Waals surface area contributed by atoms with Crippen LogP contribution in [0, 0.1) is 5.82 Å². The van der Waals surface area contributed by atoms with Crippen molar-refractivity contribution in [3.63, 3.8) is 0 Å². The minimum Gasteiger partial charge on any atom is -0.241 e. The molecular formula is C10H11FN. The summed E-state index contributed by atoms with van der Waals surface area (Å²) in [5.74, 6) is 0.320. The molecule has 0 bridgehead atoms. The smallest absolute Gasteiger partial charge is 0.123 e. The molecule has 1 saturated heterocycles. The van der Waals surface area contributed by atoms with Crippen molar-refractivity contribution in [3.05, 3.63) is 35.6 Å². The molecule has 1 radical (unpaired) electrons. The molecule has 12 heavy (non-hydrogen) atoms. The van der Waals surface area contributed by atoms with Gasteiger partial charge in [0.15, 0.2) is 0 Å². The molecule has 1 heterocycles. The van der Waals surface area contributed by atoms with Crippen LogP contribution in [-0.4, -0.2) is 13.1 Å². The molecule has 1 aliphatic heterocycles. The maximum Gasteiger partial charge on any atom is 0.123 e. The summed E-state index contributed by atoms with van der Waals surface area (Å²) >= 11 is 0. The van der Waals surface area contributed by atoms with Gasteiger partial charge in [-0.05, 0) is 30.0 Å². The molecular weight excluding hydrogens is 153 g/mol. The third-order valence-electron chi connectivity index (χ3n) is 2.31. The van der Waals surface area contributed by atoms with Crippen LogP contribution in [0.2, 0.25) is 0 Å². The van der Waals surface area contributed by atoms with E-state index in [0.29, 0.717) is 5.92 Å². The third-order valence-corrected chi connectivity index (χ3v) is 2.31. The van der Waals surface area contributed by atoms with E-state index in [9.17, 15) is 4.39 Å². The largest absolute Gasteiger partial charge is 0.241 e. The van der Waals surface area contributed by atoms with Gasteiger partial charge in [-0.2, -0.15) is 0 Å². The van der Waals surface area contributed by atoms with Crippen molar-refractivity contribution in [1.29, 1.82) is 0 Å². The Morgan fingerprint density at radius 1 is 1.42 bits per heavy atom. The lowest BCUT2D eigenvalue weighted by Gasteiger charge is -2.07. The van der Waals surface area contributed by atoms with Gasteiger partial charge in [0.25, 0.3) is 0 Å². The number of hydrogen-bond acceptors (Lipinski definition) is 0. The standard InChI is InChI=1S/C10H11FN/c11-10-3-1-2-8(6-10)9-4-5-12-7-9/h1-3,6,9H,4-5,7H2. The number of benzene rings is 1. The Bertz CT molecular complexity index is 266. The van der Waals surface area contributed by atoms with Gasteiger partial charge in [-0.3, -0.25) is 0 Å². The minimum atomic E-state index is -0.139. The van der Waals surface area contributed by atoms with E-state index in [1.54, 1.807) is 12.1 Å². The van der Waals surface area contributed by atoms with Crippen LogP contribution in [0.15, 0.2) is 24.3 Å². The van der Waals surface area contributed by atoms with E-state index in [2.05, 4.69) is 5.32 Å². The lowest BCUT2D eigenvalue weighted by Crippen LogP contribution is -2.01. The van der Waals surface area contributed by atoms with Gasteiger partial charge in [0.1, 0.15) is 5.82 Å². The summed E-state index contributed by atoms with van der Waals surface area (Å²) < 4.78 is 12.8. The van der Waals surface area contributed by atoms with Crippen LogP contribution in [0.3, 0.4) is 0 Å². The van der Waals surface area contributed by atoms with Crippen molar-refractivity contribution in [1.82, 2.24) is 5.32 Å². The monoisotopic (exact) mass is 164 g/mol. The van der Waals surface area contributed by atoms with Crippen LogP contribution < -0.4 is 5.32 Å². The Morgan fingerprint density at radius 3 is 3.00 bits per heavy atom. The van der Waals surface area contributed by atoms with Crippen LogP contribution in [0.25, 0.3) is 0 Å². The summed E-state index contributed by atoms with van der Waals surface area (Å²) in [5, 5.41) is 4.25. The van der Waals surface area contributed by atoms with Gasteiger partial charge in [0.05, 0.1) is 0 Å². The van der Waals surface area contributed by atoms with Gasteiger partial charge in [-0.1, -0.05) is 12.1 Å². The van der Waals surface area contributed by atoms with Crippen molar-refractivity contribution >= 4 is 0 Å². The SMILES string of the molecule is Fc1cccc(C2CC[N]C2)c1. The van der Waals surface area contributed by atoms with Crippen LogP contribution in [-0.2, 0) is 0 Å². The van der Waals surface area contributed by atoms with Crippen molar-refractivity contribution in [2.24, 2.45) is 0 Å². The van der Waals surface area contributed by atoms with Crippen molar-refractivity contribution in [2.75, 3.05) is 13.1 Å². The molecule has 1 fully saturated rings. The highest BCUT2D eigenvalue weighted by molar-refractivity contribution is 5.21. The van der Waals surface area contributed by atoms with Gasteiger partial charge in [0.2, 0.25) is 0 Å². The quantitative estimate of drug-likeness (QED) is 0.602. The number of halogens is 1. The molecule has 0 N–H and O–H groups in total. The first-order valence-corrected chi connectivity index (χ1v) is 4.25. The summed E-state index contributed by atoms with van der Waals surface area (Å²) in [5.41, 5.74) is 1.09. The topological polar surface area (TPSA) is 14.1 Å². The molecule has 0 aromatic heterocycles. The first kappa shape index (κ1) is 7.74. The molecule has 1 aromatic carbocycles. The lowest BCUT2D eigenvalue weighted by molar-refractivity contribution is 0.621. The fraction of sp³-hybridized carbons (Fsp3) is 0.400. The highest BCUT2D eigenvalue weighted by Gasteiger charge is 2.17. The highest BCUT2D eigenvalue weighted by atomic mass is 19.1. The normalized spacial score (nSPS) is 22.9. The van der Waals surface area contributed by atoms with E-state index in [-0.39, 0.29) is 5.82 Å². The maximum absolute atomic E-state index is 12.8. The summed E-state index contributed by atoms with van der Waals surface area (Å²) in [4.78, 5) is 0. The van der Waals surface area contributed by atoms with E-state index in [1.807, 2.05) is 6.07 Å². The first-order chi connectivity index (χ1) is 5.86. The highest BCUT2D eigenvalue weighted by Crippen LogP contribution is 2.23. The summed E-state index contributed by atoms with van der Waals surface area (Å²) in [6, 6.07) is 6.85. The molecule has 0 saturated carbocycles. The predicted molar refractivity (Wildman–Crippen MR) is 45.6 cm³/mol. The van der Waals surface area contributed by atoms with Crippen LogP contribution in [0.4, 0.5) is 4.39 Å². The van der Waals surface area contributed by atoms with Crippen molar-refractivity contribution in [3.8, 4) is 0 Å². The molecule has 2 heteroatoms. The number of nitrogens with zero attached hydrogens (tertiary/aromatic N) is 1. The average molecular weight is 164 g/mol. The molecule has 1 nitrogen and oxygen atoms in total. The zero-order valence-electron chi connectivity index (χ0n) is 6.83. The van der Waals surface area contributed by atoms with E-state index in [1.165, 1.54) is 6.07 Å². The predicted octanol–water partition coefficient (Wildman–Crippen LogP) is 1.92. The molecule has 1 atom stereocenters. The van der Waals surface area contributed by atoms with E-state index in [0.717, 1.165) is 25.1 Å². The van der Waals surface area contributed by atoms with Gasteiger partial charge in [0, 0.05) is 13.1 Å². The zero-order chi connectivity index (χ0) is 8.39. The second-order valence-electron chi connectivity index (χ2n) is 3.17. The van der Waals surface area contributed by atoms with Gasteiger partial charge < -0.3 is 0 Å². The van der Waals surface area contributed by atoms with Gasteiger partial charge >= 0.3 is 0 Å². The molecule has 2 rings (SSSR count). The number of rotatable bonds is 1. The third kappa shape index (κ3) is 1.48. The average Bonchev–Trinajstić information content (AvgIpc) is 2.56. The Labute approximate surface area is 71.6 Å². The zero-order valence-corrected chi connectivity index (χ0v) is 6.83. The molecule has 0 amide bonds. The summed E-state index contributed by atoms with van der Waals surface area (Å²) in [6.07, 6.45) is 1.07. The van der Waals surface area contributed by atoms with Gasteiger partial charge in [-0.25, -0.2) is 9.71 Å². The van der Waals surface area contributed by atoms with Gasteiger partial charge in [-0.15, -0.1) is 0 Å². The fourth-order valence-electron chi connectivity index (χ4n) is 1.62. The first-order valence-electron chi connectivity index (χ1n) is 4.25. The number of hydrogen-bond donors (Lipinski definition) is 0. The minimum absolute atomic E-state index is 0.139. The maximum atomic E-state index is 12.8. The Hall–Kier alpha value is -0.890. The second-order valence-corrected chi connectivity index (χ2v) is 3.17. The Morgan fingerprint density at radius 2 is 2.33 bits per heavy atom. The van der Waals surface area contributed by atoms with Crippen LogP contribution >= 0.6 is 0 Å². The van der Waals surface area contributed by atoms with E-state index < -0.39 is 0 Å². The Kier molecular flexibility index (Phi) is 2.09. The Balaban J connectivity index is 2.21. The van der Waals surface area contributed by atoms with Crippen LogP contribution in [0.1, 0.15) is 17.9 Å². The molecule has 0 spiro atoms. The summed E-state index contributed by atoms with van der Waals surface area (Å²) in [7, 11) is 0. The van der Waals surface area contributed by atoms with Crippen molar-refractivity contribution in [2.45, 2.75) is 12.3 Å². The molecule has 0 aliphatic carbocycles. The molecule has 1 aliphatic rings. The van der Waals surface area contributed by atoms with Crippen molar-refractivity contribution < 1.29 is 4.39 Å². The fourth-order valence-corrected chi connectivity index (χ4v) is 1.62. The van der Waals surface area contributed by atoms with E-state index >= 15 is 0 Å². The lowest BCUT2D eigenvalue weighted by atomic mass is 9.99. The van der Waals surface area contributed by atoms with Crippen LogP contribution in [0.5, 0.6) is 0 Å². The molecule has 63 valence electrons. The molecule has 1 aromatic rings. The molecule has 1 unspecified atom stereocenters. The second kappa shape index (κ2) is 3.23. The van der Waals surface area contributed by atoms with E-state index in [4.69, 9.17) is 0 Å².